The van der Waals surface area contributed by atoms with Crippen molar-refractivity contribution in [1.29, 1.82) is 0 Å². The first kappa shape index (κ1) is 17.7. The lowest BCUT2D eigenvalue weighted by atomic mass is 10.1. The maximum atomic E-state index is 14.0. The van der Waals surface area contributed by atoms with Crippen molar-refractivity contribution in [2.75, 3.05) is 18.8 Å². The number of hydrogen-bond donors (Lipinski definition) is 0. The van der Waals surface area contributed by atoms with Crippen molar-refractivity contribution >= 4 is 40.3 Å². The second-order valence-electron chi connectivity index (χ2n) is 5.61. The molecule has 1 heterocycles. The van der Waals surface area contributed by atoms with Crippen LogP contribution in [0.15, 0.2) is 42.5 Å². The molecule has 126 valence electrons. The average Bonchev–Trinajstić information content (AvgIpc) is 2.83. The maximum Gasteiger partial charge on any atom is 0.253 e. The minimum Gasteiger partial charge on any atom is -0.338 e. The summed E-state index contributed by atoms with van der Waals surface area (Å²) in [5.74, 6) is -0.113. The van der Waals surface area contributed by atoms with E-state index in [-0.39, 0.29) is 17.0 Å². The van der Waals surface area contributed by atoms with Crippen molar-refractivity contribution < 1.29 is 13.6 Å². The van der Waals surface area contributed by atoms with E-state index >= 15 is 0 Å². The lowest BCUT2D eigenvalue weighted by Crippen LogP contribution is -2.32. The minimum absolute atomic E-state index is 0.00707. The summed E-state index contributed by atoms with van der Waals surface area (Å²) in [5, 5.41) is -0.129. The Morgan fingerprint density at radius 1 is 1.12 bits per heavy atom. The van der Waals surface area contributed by atoms with Crippen LogP contribution in [0.4, 0.5) is 8.78 Å². The largest absolute Gasteiger partial charge is 0.338 e. The molecule has 1 amide bonds. The quantitative estimate of drug-likeness (QED) is 0.597. The number of carbonyl (C=O) groups is 1. The van der Waals surface area contributed by atoms with Gasteiger partial charge in [-0.3, -0.25) is 4.79 Å². The van der Waals surface area contributed by atoms with Crippen molar-refractivity contribution in [2.45, 2.75) is 11.7 Å². The zero-order valence-electron chi connectivity index (χ0n) is 12.8. The lowest BCUT2D eigenvalue weighted by Gasteiger charge is -2.20. The third-order valence-electron chi connectivity index (χ3n) is 4.02. The number of halogens is 3. The van der Waals surface area contributed by atoms with Crippen LogP contribution in [0.1, 0.15) is 27.6 Å². The van der Waals surface area contributed by atoms with Gasteiger partial charge < -0.3 is 4.90 Å². The molecular weight excluding hydrogens is 443 g/mol. The minimum atomic E-state index is -0.428. The number of rotatable bonds is 2. The highest BCUT2D eigenvalue weighted by atomic mass is 127. The van der Waals surface area contributed by atoms with Crippen LogP contribution in [0, 0.1) is 15.2 Å². The summed E-state index contributed by atoms with van der Waals surface area (Å²) < 4.78 is 28.5. The van der Waals surface area contributed by atoms with Crippen LogP contribution in [0.25, 0.3) is 0 Å². The van der Waals surface area contributed by atoms with Crippen molar-refractivity contribution in [2.24, 2.45) is 0 Å². The van der Waals surface area contributed by atoms with Crippen molar-refractivity contribution in [3.05, 3.63) is 68.8 Å². The summed E-state index contributed by atoms with van der Waals surface area (Å²) >= 11 is 3.78. The first-order chi connectivity index (χ1) is 11.5. The van der Waals surface area contributed by atoms with E-state index in [0.29, 0.717) is 36.4 Å². The highest BCUT2D eigenvalue weighted by molar-refractivity contribution is 14.1. The Labute approximate surface area is 157 Å². The molecule has 1 atom stereocenters. The van der Waals surface area contributed by atoms with Gasteiger partial charge in [0.1, 0.15) is 11.6 Å². The van der Waals surface area contributed by atoms with E-state index in [2.05, 4.69) is 22.6 Å². The Balaban J connectivity index is 1.72. The molecular formula is C18H16F2INOS. The Morgan fingerprint density at radius 3 is 2.62 bits per heavy atom. The molecule has 6 heteroatoms. The molecule has 0 saturated carbocycles. The highest BCUT2D eigenvalue weighted by Gasteiger charge is 2.24. The SMILES string of the molecule is O=C(c1ccc(I)cc1)N1CCSC(c2cc(F)ccc2F)CC1. The number of nitrogens with zero attached hydrogens (tertiary/aromatic N) is 1. The van der Waals surface area contributed by atoms with Gasteiger partial charge >= 0.3 is 0 Å². The molecule has 1 fully saturated rings. The molecule has 2 aromatic carbocycles. The molecule has 3 rings (SSSR count). The molecule has 0 aromatic heterocycles. The van der Waals surface area contributed by atoms with Gasteiger partial charge in [0.05, 0.1) is 0 Å². The van der Waals surface area contributed by atoms with Crippen LogP contribution >= 0.6 is 34.4 Å². The normalized spacial score (nSPS) is 18.3. The Hall–Kier alpha value is -1.15. The van der Waals surface area contributed by atoms with E-state index in [9.17, 15) is 13.6 Å². The second-order valence-corrected chi connectivity index (χ2v) is 8.17. The topological polar surface area (TPSA) is 20.3 Å². The summed E-state index contributed by atoms with van der Waals surface area (Å²) in [6.07, 6.45) is 0.612. The van der Waals surface area contributed by atoms with Crippen LogP contribution in [0.2, 0.25) is 0 Å². The van der Waals surface area contributed by atoms with E-state index in [0.717, 1.165) is 9.64 Å². The van der Waals surface area contributed by atoms with Crippen LogP contribution < -0.4 is 0 Å². The summed E-state index contributed by atoms with van der Waals surface area (Å²) in [7, 11) is 0. The monoisotopic (exact) mass is 459 g/mol. The zero-order chi connectivity index (χ0) is 17.1. The van der Waals surface area contributed by atoms with Crippen molar-refractivity contribution in [3.63, 3.8) is 0 Å². The number of thioether (sulfide) groups is 1. The van der Waals surface area contributed by atoms with E-state index in [1.54, 1.807) is 16.7 Å². The fraction of sp³-hybridized carbons (Fsp3) is 0.278. The van der Waals surface area contributed by atoms with Crippen LogP contribution in [-0.4, -0.2) is 29.6 Å². The van der Waals surface area contributed by atoms with Crippen molar-refractivity contribution in [1.82, 2.24) is 4.90 Å². The third-order valence-corrected chi connectivity index (χ3v) is 6.05. The standard InChI is InChI=1S/C18H16F2INOS/c19-13-3-6-16(20)15(11-13)17-7-8-22(9-10-24-17)18(23)12-1-4-14(21)5-2-12/h1-6,11,17H,7-10H2. The molecule has 1 unspecified atom stereocenters. The van der Waals surface area contributed by atoms with E-state index in [1.807, 2.05) is 24.3 Å². The van der Waals surface area contributed by atoms with Gasteiger partial charge in [-0.15, -0.1) is 0 Å². The fourth-order valence-electron chi connectivity index (χ4n) is 2.76. The first-order valence-electron chi connectivity index (χ1n) is 7.66. The predicted octanol–water partition coefficient (Wildman–Crippen LogP) is 4.89. The lowest BCUT2D eigenvalue weighted by molar-refractivity contribution is 0.0766. The van der Waals surface area contributed by atoms with Gasteiger partial charge in [-0.05, 0) is 71.5 Å². The van der Waals surface area contributed by atoms with E-state index < -0.39 is 5.82 Å². The molecule has 2 nitrogen and oxygen atoms in total. The molecule has 0 radical (unpaired) electrons. The zero-order valence-corrected chi connectivity index (χ0v) is 15.8. The van der Waals surface area contributed by atoms with Gasteiger partial charge in [0, 0.05) is 38.8 Å². The van der Waals surface area contributed by atoms with Gasteiger partial charge in [-0.25, -0.2) is 8.78 Å². The maximum absolute atomic E-state index is 14.0. The number of amides is 1. The molecule has 1 aliphatic heterocycles. The molecule has 0 spiro atoms. The average molecular weight is 459 g/mol. The number of carbonyl (C=O) groups excluding carboxylic acids is 1. The van der Waals surface area contributed by atoms with E-state index in [1.165, 1.54) is 12.1 Å². The van der Waals surface area contributed by atoms with Gasteiger partial charge in [-0.2, -0.15) is 11.8 Å². The number of hydrogen-bond acceptors (Lipinski definition) is 2. The van der Waals surface area contributed by atoms with Gasteiger partial charge in [0.2, 0.25) is 0 Å². The number of benzene rings is 2. The molecule has 1 saturated heterocycles. The molecule has 2 aromatic rings. The van der Waals surface area contributed by atoms with Crippen LogP contribution in [-0.2, 0) is 0 Å². The molecule has 0 N–H and O–H groups in total. The highest BCUT2D eigenvalue weighted by Crippen LogP contribution is 2.36. The van der Waals surface area contributed by atoms with Crippen LogP contribution in [0.3, 0.4) is 0 Å². The third kappa shape index (κ3) is 4.08. The smallest absolute Gasteiger partial charge is 0.253 e. The van der Waals surface area contributed by atoms with Crippen molar-refractivity contribution in [3.8, 4) is 0 Å². The van der Waals surface area contributed by atoms with Crippen LogP contribution in [0.5, 0.6) is 0 Å². The van der Waals surface area contributed by atoms with E-state index in [4.69, 9.17) is 0 Å². The summed E-state index contributed by atoms with van der Waals surface area (Å²) in [6.45, 7) is 1.15. The van der Waals surface area contributed by atoms with Gasteiger partial charge in [-0.1, -0.05) is 0 Å². The fourth-order valence-corrected chi connectivity index (χ4v) is 4.36. The first-order valence-corrected chi connectivity index (χ1v) is 9.79. The summed E-state index contributed by atoms with van der Waals surface area (Å²) in [5.41, 5.74) is 1.05. The second kappa shape index (κ2) is 7.82. The van der Waals surface area contributed by atoms with Gasteiger partial charge in [0.15, 0.2) is 0 Å². The Kier molecular flexibility index (Phi) is 5.76. The molecule has 0 aliphatic carbocycles. The summed E-state index contributed by atoms with van der Waals surface area (Å²) in [6, 6.07) is 11.0. The Bertz CT molecular complexity index is 738. The summed E-state index contributed by atoms with van der Waals surface area (Å²) in [4.78, 5) is 14.4. The molecule has 1 aliphatic rings. The molecule has 24 heavy (non-hydrogen) atoms. The van der Waals surface area contributed by atoms with Gasteiger partial charge in [0.25, 0.3) is 5.91 Å². The molecule has 0 bridgehead atoms. The Morgan fingerprint density at radius 2 is 1.88 bits per heavy atom. The predicted molar refractivity (Wildman–Crippen MR) is 101 cm³/mol.